The van der Waals surface area contributed by atoms with Gasteiger partial charge in [-0.1, -0.05) is 37.3 Å². The smallest absolute Gasteiger partial charge is 0.290 e. The van der Waals surface area contributed by atoms with Gasteiger partial charge in [-0.05, 0) is 26.1 Å². The molecule has 0 bridgehead atoms. The van der Waals surface area contributed by atoms with E-state index in [1.807, 2.05) is 49.3 Å². The Kier molecular flexibility index (Phi) is 14.1. The van der Waals surface area contributed by atoms with Crippen molar-refractivity contribution in [1.29, 1.82) is 0 Å². The van der Waals surface area contributed by atoms with E-state index in [2.05, 4.69) is 21.8 Å². The highest BCUT2D eigenvalue weighted by Gasteiger charge is 2.24. The fourth-order valence-electron chi connectivity index (χ4n) is 2.62. The second kappa shape index (κ2) is 15.8. The molecular weight excluding hydrogens is 376 g/mol. The summed E-state index contributed by atoms with van der Waals surface area (Å²) in [5.74, 6) is 0.0800. The molecule has 1 amide bonds. The lowest BCUT2D eigenvalue weighted by Crippen LogP contribution is -2.39. The van der Waals surface area contributed by atoms with Gasteiger partial charge in [0.1, 0.15) is 0 Å². The van der Waals surface area contributed by atoms with Crippen LogP contribution in [-0.4, -0.2) is 76.0 Å². The molecule has 1 aromatic carbocycles. The van der Waals surface area contributed by atoms with Crippen LogP contribution in [0.5, 0.6) is 0 Å². The van der Waals surface area contributed by atoms with Gasteiger partial charge >= 0.3 is 0 Å². The first-order valence-electron chi connectivity index (χ1n) is 9.06. The highest BCUT2D eigenvalue weighted by molar-refractivity contribution is 5.83. The number of carboxylic acid groups (broad SMARTS) is 2. The number of H-pyrrole nitrogens is 1. The summed E-state index contributed by atoms with van der Waals surface area (Å²) in [5.41, 5.74) is 2.04. The van der Waals surface area contributed by atoms with Gasteiger partial charge in [0.15, 0.2) is 0 Å². The van der Waals surface area contributed by atoms with E-state index >= 15 is 0 Å². The maximum atomic E-state index is 13.1. The van der Waals surface area contributed by atoms with E-state index in [9.17, 15) is 4.79 Å². The molecule has 0 spiro atoms. The molecule has 9 heteroatoms. The SMILES string of the molecule is CCC(C(=O)N(CCN(C)C)Cc1cnc[nH]1)c1ccccc1.O=CO.O=CO. The summed E-state index contributed by atoms with van der Waals surface area (Å²) in [7, 11) is 4.04. The van der Waals surface area contributed by atoms with Crippen LogP contribution in [0.4, 0.5) is 0 Å². The van der Waals surface area contributed by atoms with Crippen LogP contribution < -0.4 is 0 Å². The van der Waals surface area contributed by atoms with Crippen LogP contribution in [0.25, 0.3) is 0 Å². The van der Waals surface area contributed by atoms with Gasteiger partial charge in [0.25, 0.3) is 12.9 Å². The van der Waals surface area contributed by atoms with E-state index < -0.39 is 0 Å². The van der Waals surface area contributed by atoms with Crippen LogP contribution in [0.3, 0.4) is 0 Å². The third-order valence-electron chi connectivity index (χ3n) is 3.95. The summed E-state index contributed by atoms with van der Waals surface area (Å²) in [5, 5.41) is 13.8. The lowest BCUT2D eigenvalue weighted by Gasteiger charge is -2.28. The number of carbonyl (C=O) groups excluding carboxylic acids is 1. The second-order valence-corrected chi connectivity index (χ2v) is 6.22. The molecule has 29 heavy (non-hydrogen) atoms. The number of nitrogens with zero attached hydrogens (tertiary/aromatic N) is 3. The Morgan fingerprint density at radius 2 is 1.72 bits per heavy atom. The van der Waals surface area contributed by atoms with Crippen LogP contribution in [-0.2, 0) is 20.9 Å². The first-order chi connectivity index (χ1) is 13.9. The molecule has 160 valence electrons. The molecule has 1 aromatic heterocycles. The van der Waals surface area contributed by atoms with Gasteiger partial charge in [-0.3, -0.25) is 14.4 Å². The first kappa shape index (κ1) is 25.8. The highest BCUT2D eigenvalue weighted by Crippen LogP contribution is 2.22. The molecule has 0 radical (unpaired) electrons. The molecule has 1 unspecified atom stereocenters. The number of hydrogen-bond acceptors (Lipinski definition) is 5. The molecule has 0 aliphatic heterocycles. The van der Waals surface area contributed by atoms with Crippen molar-refractivity contribution >= 4 is 18.9 Å². The quantitative estimate of drug-likeness (QED) is 0.571. The number of benzene rings is 1. The fraction of sp³-hybridized carbons (Fsp3) is 0.400. The topological polar surface area (TPSA) is 127 Å². The Hall–Kier alpha value is -3.20. The molecule has 1 atom stereocenters. The van der Waals surface area contributed by atoms with Crippen molar-refractivity contribution in [3.8, 4) is 0 Å². The van der Waals surface area contributed by atoms with Crippen molar-refractivity contribution < 1.29 is 24.6 Å². The van der Waals surface area contributed by atoms with E-state index in [4.69, 9.17) is 19.8 Å². The fourth-order valence-corrected chi connectivity index (χ4v) is 2.62. The summed E-state index contributed by atoms with van der Waals surface area (Å²) in [6, 6.07) is 10.0. The minimum Gasteiger partial charge on any atom is -0.483 e. The van der Waals surface area contributed by atoms with E-state index in [1.54, 1.807) is 12.5 Å². The largest absolute Gasteiger partial charge is 0.483 e. The standard InChI is InChI=1S/C18H26N4O.2CH2O2/c1-4-17(15-8-6-5-7-9-15)18(23)22(11-10-21(2)3)13-16-12-19-14-20-16;2*2-1-3/h5-9,12,14,17H,4,10-11,13H2,1-3H3,(H,19,20);2*1H,(H,2,3). The number of carbonyl (C=O) groups is 3. The Labute approximate surface area is 171 Å². The summed E-state index contributed by atoms with van der Waals surface area (Å²) in [6.07, 6.45) is 4.22. The Bertz CT molecular complexity index is 671. The Morgan fingerprint density at radius 3 is 2.17 bits per heavy atom. The van der Waals surface area contributed by atoms with Crippen molar-refractivity contribution in [1.82, 2.24) is 19.8 Å². The lowest BCUT2D eigenvalue weighted by molar-refractivity contribution is -0.133. The molecular formula is C20H30N4O5. The van der Waals surface area contributed by atoms with Gasteiger partial charge in [-0.2, -0.15) is 0 Å². The number of aromatic nitrogens is 2. The summed E-state index contributed by atoms with van der Waals surface area (Å²) in [4.78, 5) is 41.0. The van der Waals surface area contributed by atoms with Crippen LogP contribution in [0.1, 0.15) is 30.5 Å². The predicted octanol–water partition coefficient (Wildman–Crippen LogP) is 1.90. The number of hydrogen-bond donors (Lipinski definition) is 3. The van der Waals surface area contributed by atoms with E-state index in [-0.39, 0.29) is 24.8 Å². The summed E-state index contributed by atoms with van der Waals surface area (Å²) < 4.78 is 0. The minimum atomic E-state index is -0.250. The molecule has 2 rings (SSSR count). The van der Waals surface area contributed by atoms with E-state index in [1.165, 1.54) is 0 Å². The Balaban J connectivity index is 0.00000116. The third kappa shape index (κ3) is 10.6. The van der Waals surface area contributed by atoms with Gasteiger partial charge in [-0.15, -0.1) is 0 Å². The van der Waals surface area contributed by atoms with Crippen molar-refractivity contribution in [2.45, 2.75) is 25.8 Å². The van der Waals surface area contributed by atoms with Crippen LogP contribution in [0, 0.1) is 0 Å². The maximum absolute atomic E-state index is 13.1. The molecule has 0 fully saturated rings. The molecule has 0 aliphatic carbocycles. The van der Waals surface area contributed by atoms with Gasteiger partial charge in [0, 0.05) is 19.3 Å². The molecule has 0 saturated carbocycles. The number of rotatable bonds is 8. The van der Waals surface area contributed by atoms with Gasteiger partial charge in [0.05, 0.1) is 24.5 Å². The number of nitrogens with one attached hydrogen (secondary N) is 1. The summed E-state index contributed by atoms with van der Waals surface area (Å²) in [6.45, 7) is 3.67. The predicted molar refractivity (Wildman–Crippen MR) is 109 cm³/mol. The first-order valence-corrected chi connectivity index (χ1v) is 9.06. The molecule has 0 saturated heterocycles. The number of imidazole rings is 1. The maximum Gasteiger partial charge on any atom is 0.290 e. The second-order valence-electron chi connectivity index (χ2n) is 6.22. The number of aromatic amines is 1. The number of likely N-dealkylation sites (N-methyl/N-ethyl adjacent to an activating group) is 1. The average molecular weight is 406 g/mol. The molecule has 1 heterocycles. The molecule has 9 nitrogen and oxygen atoms in total. The van der Waals surface area contributed by atoms with Crippen LogP contribution >= 0.6 is 0 Å². The summed E-state index contributed by atoms with van der Waals surface area (Å²) >= 11 is 0. The zero-order chi connectivity index (χ0) is 22.1. The van der Waals surface area contributed by atoms with Crippen LogP contribution in [0.15, 0.2) is 42.9 Å². The van der Waals surface area contributed by atoms with E-state index in [0.717, 1.165) is 24.2 Å². The monoisotopic (exact) mass is 406 g/mol. The van der Waals surface area contributed by atoms with Crippen molar-refractivity contribution in [3.63, 3.8) is 0 Å². The van der Waals surface area contributed by atoms with Crippen molar-refractivity contribution in [2.75, 3.05) is 27.2 Å². The zero-order valence-electron chi connectivity index (χ0n) is 17.1. The van der Waals surface area contributed by atoms with Gasteiger partial charge in [-0.25, -0.2) is 4.98 Å². The van der Waals surface area contributed by atoms with Crippen LogP contribution in [0.2, 0.25) is 0 Å². The van der Waals surface area contributed by atoms with Crippen molar-refractivity contribution in [3.05, 3.63) is 54.1 Å². The minimum absolute atomic E-state index is 0.0960. The van der Waals surface area contributed by atoms with Gasteiger partial charge in [0.2, 0.25) is 5.91 Å². The number of amides is 1. The Morgan fingerprint density at radius 1 is 1.14 bits per heavy atom. The van der Waals surface area contributed by atoms with Crippen molar-refractivity contribution in [2.24, 2.45) is 0 Å². The molecule has 2 aromatic rings. The average Bonchev–Trinajstić information content (AvgIpc) is 3.21. The normalized spacial score (nSPS) is 10.6. The highest BCUT2D eigenvalue weighted by atomic mass is 16.3. The van der Waals surface area contributed by atoms with Gasteiger partial charge < -0.3 is 25.0 Å². The third-order valence-corrected chi connectivity index (χ3v) is 3.95. The molecule has 3 N–H and O–H groups in total. The lowest BCUT2D eigenvalue weighted by atomic mass is 9.95. The zero-order valence-corrected chi connectivity index (χ0v) is 17.1. The molecule has 0 aliphatic rings. The van der Waals surface area contributed by atoms with E-state index in [0.29, 0.717) is 13.1 Å².